The smallest absolute Gasteiger partial charge is 0.129 e. The van der Waals surface area contributed by atoms with E-state index in [2.05, 4.69) is 0 Å². The third kappa shape index (κ3) is 2.05. The van der Waals surface area contributed by atoms with E-state index >= 15 is 0 Å². The van der Waals surface area contributed by atoms with Gasteiger partial charge in [0.1, 0.15) is 11.4 Å². The lowest BCUT2D eigenvalue weighted by molar-refractivity contribution is 0.0629. The molecule has 72 valence electrons. The molecule has 0 radical (unpaired) electrons. The average Bonchev–Trinajstić information content (AvgIpc) is 2.03. The minimum Gasteiger partial charge on any atom is -0.384 e. The van der Waals surface area contributed by atoms with Gasteiger partial charge in [0.15, 0.2) is 0 Å². The molecule has 0 aliphatic rings. The van der Waals surface area contributed by atoms with E-state index in [1.54, 1.807) is 19.1 Å². The molecule has 0 fully saturated rings. The maximum Gasteiger partial charge on any atom is 0.129 e. The zero-order valence-electron chi connectivity index (χ0n) is 7.84. The van der Waals surface area contributed by atoms with E-state index in [1.165, 1.54) is 13.0 Å². The third-order valence-electron chi connectivity index (χ3n) is 2.10. The van der Waals surface area contributed by atoms with Gasteiger partial charge in [0, 0.05) is 12.1 Å². The van der Waals surface area contributed by atoms with Crippen LogP contribution in [0, 0.1) is 12.7 Å². The second-order valence-electron chi connectivity index (χ2n) is 3.46. The summed E-state index contributed by atoms with van der Waals surface area (Å²) in [5, 5.41) is 9.70. The highest BCUT2D eigenvalue weighted by Crippen LogP contribution is 2.22. The maximum absolute atomic E-state index is 13.3. The van der Waals surface area contributed by atoms with Gasteiger partial charge < -0.3 is 10.8 Å². The SMILES string of the molecule is Cc1ccc(C(C)(O)CN)c(F)c1. The van der Waals surface area contributed by atoms with Crippen LogP contribution < -0.4 is 5.73 Å². The van der Waals surface area contributed by atoms with Crippen LogP contribution >= 0.6 is 0 Å². The molecule has 0 saturated carbocycles. The molecular weight excluding hydrogens is 169 g/mol. The Morgan fingerprint density at radius 2 is 2.15 bits per heavy atom. The van der Waals surface area contributed by atoms with Crippen LogP contribution in [0.3, 0.4) is 0 Å². The largest absolute Gasteiger partial charge is 0.384 e. The fourth-order valence-corrected chi connectivity index (χ4v) is 1.17. The predicted molar refractivity (Wildman–Crippen MR) is 49.8 cm³/mol. The van der Waals surface area contributed by atoms with Gasteiger partial charge in [-0.3, -0.25) is 0 Å². The number of hydrogen-bond acceptors (Lipinski definition) is 2. The summed E-state index contributed by atoms with van der Waals surface area (Å²) in [7, 11) is 0. The molecule has 1 unspecified atom stereocenters. The van der Waals surface area contributed by atoms with Crippen LogP contribution in [0.25, 0.3) is 0 Å². The van der Waals surface area contributed by atoms with Crippen molar-refractivity contribution in [2.45, 2.75) is 19.4 Å². The molecule has 13 heavy (non-hydrogen) atoms. The molecule has 0 amide bonds. The fourth-order valence-electron chi connectivity index (χ4n) is 1.17. The van der Waals surface area contributed by atoms with Crippen LogP contribution in [-0.2, 0) is 5.60 Å². The minimum atomic E-state index is -1.28. The van der Waals surface area contributed by atoms with Crippen LogP contribution in [-0.4, -0.2) is 11.7 Å². The van der Waals surface area contributed by atoms with Crippen LogP contribution in [0.2, 0.25) is 0 Å². The summed E-state index contributed by atoms with van der Waals surface area (Å²) in [5.74, 6) is -0.407. The van der Waals surface area contributed by atoms with Crippen molar-refractivity contribution >= 4 is 0 Å². The lowest BCUT2D eigenvalue weighted by Gasteiger charge is -2.22. The number of nitrogens with two attached hydrogens (primary N) is 1. The van der Waals surface area contributed by atoms with E-state index in [9.17, 15) is 9.50 Å². The van der Waals surface area contributed by atoms with Crippen molar-refractivity contribution in [3.05, 3.63) is 35.1 Å². The Bertz CT molecular complexity index is 310. The van der Waals surface area contributed by atoms with Gasteiger partial charge in [-0.1, -0.05) is 12.1 Å². The van der Waals surface area contributed by atoms with Gasteiger partial charge in [-0.25, -0.2) is 4.39 Å². The molecule has 1 rings (SSSR count). The molecule has 1 atom stereocenters. The monoisotopic (exact) mass is 183 g/mol. The molecule has 0 heterocycles. The number of aryl methyl sites for hydroxylation is 1. The molecule has 0 spiro atoms. The predicted octanol–water partition coefficient (Wildman–Crippen LogP) is 1.30. The van der Waals surface area contributed by atoms with E-state index in [-0.39, 0.29) is 12.1 Å². The Morgan fingerprint density at radius 3 is 2.62 bits per heavy atom. The number of halogens is 1. The maximum atomic E-state index is 13.3. The zero-order valence-corrected chi connectivity index (χ0v) is 7.84. The van der Waals surface area contributed by atoms with Gasteiger partial charge in [0.05, 0.1) is 0 Å². The summed E-state index contributed by atoms with van der Waals surface area (Å²) < 4.78 is 13.3. The van der Waals surface area contributed by atoms with Crippen molar-refractivity contribution in [3.63, 3.8) is 0 Å². The summed E-state index contributed by atoms with van der Waals surface area (Å²) in [6.45, 7) is 3.30. The van der Waals surface area contributed by atoms with Crippen LogP contribution in [0.4, 0.5) is 4.39 Å². The van der Waals surface area contributed by atoms with Crippen molar-refractivity contribution in [2.24, 2.45) is 5.73 Å². The highest BCUT2D eigenvalue weighted by Gasteiger charge is 2.24. The summed E-state index contributed by atoms with van der Waals surface area (Å²) in [4.78, 5) is 0. The quantitative estimate of drug-likeness (QED) is 0.726. The first kappa shape index (κ1) is 10.2. The Hall–Kier alpha value is -0.930. The van der Waals surface area contributed by atoms with Gasteiger partial charge in [-0.2, -0.15) is 0 Å². The Labute approximate surface area is 77.2 Å². The van der Waals surface area contributed by atoms with Crippen LogP contribution in [0.1, 0.15) is 18.1 Å². The molecule has 2 nitrogen and oxygen atoms in total. The van der Waals surface area contributed by atoms with Gasteiger partial charge in [-0.15, -0.1) is 0 Å². The molecule has 1 aromatic rings. The highest BCUT2D eigenvalue weighted by atomic mass is 19.1. The van der Waals surface area contributed by atoms with Gasteiger partial charge in [0.2, 0.25) is 0 Å². The summed E-state index contributed by atoms with van der Waals surface area (Å²) >= 11 is 0. The Morgan fingerprint density at radius 1 is 1.54 bits per heavy atom. The molecule has 3 heteroatoms. The standard InChI is InChI=1S/C10H14FNO/c1-7-3-4-8(9(11)5-7)10(2,13)6-12/h3-5,13H,6,12H2,1-2H3. The van der Waals surface area contributed by atoms with E-state index in [1.807, 2.05) is 0 Å². The van der Waals surface area contributed by atoms with E-state index in [0.29, 0.717) is 0 Å². The number of aliphatic hydroxyl groups is 1. The first-order chi connectivity index (χ1) is 5.97. The lowest BCUT2D eigenvalue weighted by atomic mass is 9.95. The molecule has 3 N–H and O–H groups in total. The van der Waals surface area contributed by atoms with Crippen molar-refractivity contribution in [2.75, 3.05) is 6.54 Å². The molecule has 0 aliphatic heterocycles. The van der Waals surface area contributed by atoms with Gasteiger partial charge in [0.25, 0.3) is 0 Å². The molecular formula is C10H14FNO. The Kier molecular flexibility index (Phi) is 2.68. The third-order valence-corrected chi connectivity index (χ3v) is 2.10. The van der Waals surface area contributed by atoms with Crippen LogP contribution in [0.15, 0.2) is 18.2 Å². The van der Waals surface area contributed by atoms with Crippen molar-refractivity contribution in [1.82, 2.24) is 0 Å². The first-order valence-corrected chi connectivity index (χ1v) is 4.16. The normalized spacial score (nSPS) is 15.5. The summed E-state index contributed by atoms with van der Waals surface area (Å²) in [6, 6.07) is 4.71. The molecule has 0 aromatic heterocycles. The van der Waals surface area contributed by atoms with Crippen molar-refractivity contribution in [1.29, 1.82) is 0 Å². The molecule has 0 saturated heterocycles. The van der Waals surface area contributed by atoms with E-state index in [0.717, 1.165) is 5.56 Å². The summed E-state index contributed by atoms with van der Waals surface area (Å²) in [5.41, 5.74) is 5.13. The Balaban J connectivity index is 3.16. The summed E-state index contributed by atoms with van der Waals surface area (Å²) in [6.07, 6.45) is 0. The topological polar surface area (TPSA) is 46.2 Å². The average molecular weight is 183 g/mol. The second-order valence-corrected chi connectivity index (χ2v) is 3.46. The first-order valence-electron chi connectivity index (χ1n) is 4.16. The van der Waals surface area contributed by atoms with Crippen molar-refractivity contribution in [3.8, 4) is 0 Å². The van der Waals surface area contributed by atoms with Crippen molar-refractivity contribution < 1.29 is 9.50 Å². The number of rotatable bonds is 2. The van der Waals surface area contributed by atoms with Gasteiger partial charge in [-0.05, 0) is 25.5 Å². The second kappa shape index (κ2) is 3.44. The molecule has 1 aromatic carbocycles. The van der Waals surface area contributed by atoms with Gasteiger partial charge >= 0.3 is 0 Å². The van der Waals surface area contributed by atoms with E-state index < -0.39 is 11.4 Å². The molecule has 0 aliphatic carbocycles. The number of benzene rings is 1. The highest BCUT2D eigenvalue weighted by molar-refractivity contribution is 5.28. The van der Waals surface area contributed by atoms with E-state index in [4.69, 9.17) is 5.73 Å². The number of hydrogen-bond donors (Lipinski definition) is 2. The lowest BCUT2D eigenvalue weighted by Crippen LogP contribution is -2.32. The fraction of sp³-hybridized carbons (Fsp3) is 0.400. The minimum absolute atomic E-state index is 0.00693. The molecule has 0 bridgehead atoms. The zero-order chi connectivity index (χ0) is 10.1. The van der Waals surface area contributed by atoms with Crippen LogP contribution in [0.5, 0.6) is 0 Å².